The van der Waals surface area contributed by atoms with Crippen molar-refractivity contribution in [1.82, 2.24) is 9.55 Å². The first-order valence-corrected chi connectivity index (χ1v) is 8.03. The Labute approximate surface area is 131 Å². The molecule has 0 radical (unpaired) electrons. The van der Waals surface area contributed by atoms with Gasteiger partial charge in [-0.25, -0.2) is 4.98 Å². The second kappa shape index (κ2) is 5.16. The first kappa shape index (κ1) is 13.4. The van der Waals surface area contributed by atoms with Crippen molar-refractivity contribution in [2.75, 3.05) is 18.0 Å². The molecule has 3 heteroatoms. The molecule has 4 rings (SSSR count). The van der Waals surface area contributed by atoms with Crippen molar-refractivity contribution in [3.63, 3.8) is 0 Å². The molecule has 0 atom stereocenters. The number of hydrogen-bond donors (Lipinski definition) is 0. The number of benzene rings is 2. The van der Waals surface area contributed by atoms with Crippen LogP contribution in [0.25, 0.3) is 16.7 Å². The molecule has 1 aromatic heterocycles. The van der Waals surface area contributed by atoms with Crippen LogP contribution >= 0.6 is 0 Å². The summed E-state index contributed by atoms with van der Waals surface area (Å²) in [6.07, 6.45) is 2.52. The molecule has 1 saturated heterocycles. The second-order valence-electron chi connectivity index (χ2n) is 6.27. The van der Waals surface area contributed by atoms with Crippen molar-refractivity contribution in [1.29, 1.82) is 0 Å². The van der Waals surface area contributed by atoms with E-state index in [2.05, 4.69) is 65.8 Å². The molecule has 1 fully saturated rings. The van der Waals surface area contributed by atoms with Crippen LogP contribution in [0.4, 0.5) is 5.95 Å². The van der Waals surface area contributed by atoms with Gasteiger partial charge in [0.1, 0.15) is 0 Å². The van der Waals surface area contributed by atoms with E-state index in [4.69, 9.17) is 4.98 Å². The molecule has 0 spiro atoms. The Morgan fingerprint density at radius 3 is 2.27 bits per heavy atom. The monoisotopic (exact) mass is 291 g/mol. The maximum Gasteiger partial charge on any atom is 0.211 e. The third-order valence-electron chi connectivity index (χ3n) is 4.47. The summed E-state index contributed by atoms with van der Waals surface area (Å²) in [6, 6.07) is 15.2. The summed E-state index contributed by atoms with van der Waals surface area (Å²) in [4.78, 5) is 7.34. The minimum atomic E-state index is 1.08. The fraction of sp³-hybridized carbons (Fsp3) is 0.316. The van der Waals surface area contributed by atoms with Gasteiger partial charge < -0.3 is 4.90 Å². The Morgan fingerprint density at radius 1 is 0.864 bits per heavy atom. The summed E-state index contributed by atoms with van der Waals surface area (Å²) < 4.78 is 2.31. The molecule has 2 heterocycles. The molecule has 22 heavy (non-hydrogen) atoms. The number of rotatable bonds is 2. The van der Waals surface area contributed by atoms with Gasteiger partial charge in [-0.1, -0.05) is 23.8 Å². The molecular weight excluding hydrogens is 270 g/mol. The molecule has 0 saturated carbocycles. The standard InChI is InChI=1S/C19H21N3/c1-14-5-8-16(9-6-14)22-18-13-15(2)7-10-17(18)20-19(22)21-11-3-4-12-21/h5-10,13H,3-4,11-12H2,1-2H3. The third kappa shape index (κ3) is 2.17. The van der Waals surface area contributed by atoms with E-state index in [1.807, 2.05) is 0 Å². The normalized spacial score (nSPS) is 14.9. The topological polar surface area (TPSA) is 21.1 Å². The Balaban J connectivity index is 1.97. The molecule has 0 bridgehead atoms. The largest absolute Gasteiger partial charge is 0.342 e. The van der Waals surface area contributed by atoms with E-state index in [0.29, 0.717) is 0 Å². The lowest BCUT2D eigenvalue weighted by Crippen LogP contribution is -2.21. The van der Waals surface area contributed by atoms with Crippen molar-refractivity contribution in [3.8, 4) is 5.69 Å². The molecule has 0 N–H and O–H groups in total. The van der Waals surface area contributed by atoms with Crippen molar-refractivity contribution in [3.05, 3.63) is 53.6 Å². The van der Waals surface area contributed by atoms with Crippen molar-refractivity contribution < 1.29 is 0 Å². The van der Waals surface area contributed by atoms with Crippen LogP contribution in [-0.4, -0.2) is 22.6 Å². The van der Waals surface area contributed by atoms with E-state index >= 15 is 0 Å². The smallest absolute Gasteiger partial charge is 0.211 e. The number of anilines is 1. The SMILES string of the molecule is Cc1ccc(-n2c(N3CCCC3)nc3ccc(C)cc32)cc1. The molecule has 1 aliphatic heterocycles. The van der Waals surface area contributed by atoms with E-state index in [1.54, 1.807) is 0 Å². The number of fused-ring (bicyclic) bond motifs is 1. The maximum absolute atomic E-state index is 4.92. The Hall–Kier alpha value is -2.29. The summed E-state index contributed by atoms with van der Waals surface area (Å²) in [5.41, 5.74) is 6.03. The maximum atomic E-state index is 4.92. The number of hydrogen-bond acceptors (Lipinski definition) is 2. The lowest BCUT2D eigenvalue weighted by molar-refractivity contribution is 0.883. The fourth-order valence-corrected chi connectivity index (χ4v) is 3.25. The summed E-state index contributed by atoms with van der Waals surface area (Å²) >= 11 is 0. The van der Waals surface area contributed by atoms with E-state index in [0.717, 1.165) is 24.6 Å². The average molecular weight is 291 g/mol. The summed E-state index contributed by atoms with van der Waals surface area (Å²) in [7, 11) is 0. The highest BCUT2D eigenvalue weighted by atomic mass is 15.3. The van der Waals surface area contributed by atoms with Crippen LogP contribution in [0.5, 0.6) is 0 Å². The first-order valence-electron chi connectivity index (χ1n) is 8.03. The first-order chi connectivity index (χ1) is 10.7. The lowest BCUT2D eigenvalue weighted by Gasteiger charge is -2.19. The Morgan fingerprint density at radius 2 is 1.55 bits per heavy atom. The zero-order valence-electron chi connectivity index (χ0n) is 13.2. The quantitative estimate of drug-likeness (QED) is 0.704. The van der Waals surface area contributed by atoms with Crippen molar-refractivity contribution in [2.24, 2.45) is 0 Å². The zero-order chi connectivity index (χ0) is 15.1. The minimum absolute atomic E-state index is 1.08. The molecule has 0 unspecified atom stereocenters. The third-order valence-corrected chi connectivity index (χ3v) is 4.47. The van der Waals surface area contributed by atoms with Gasteiger partial charge in [-0.2, -0.15) is 0 Å². The Kier molecular flexibility index (Phi) is 3.14. The van der Waals surface area contributed by atoms with E-state index in [1.165, 1.54) is 35.2 Å². The highest BCUT2D eigenvalue weighted by Gasteiger charge is 2.21. The zero-order valence-corrected chi connectivity index (χ0v) is 13.2. The van der Waals surface area contributed by atoms with Gasteiger partial charge in [-0.3, -0.25) is 4.57 Å². The van der Waals surface area contributed by atoms with Crippen LogP contribution in [0.3, 0.4) is 0 Å². The van der Waals surface area contributed by atoms with Crippen LogP contribution in [-0.2, 0) is 0 Å². The van der Waals surface area contributed by atoms with Gasteiger partial charge >= 0.3 is 0 Å². The van der Waals surface area contributed by atoms with Gasteiger partial charge in [0, 0.05) is 18.8 Å². The number of aromatic nitrogens is 2. The summed E-state index contributed by atoms with van der Waals surface area (Å²) in [5.74, 6) is 1.09. The van der Waals surface area contributed by atoms with E-state index < -0.39 is 0 Å². The van der Waals surface area contributed by atoms with Gasteiger partial charge in [0.05, 0.1) is 11.0 Å². The molecule has 3 nitrogen and oxygen atoms in total. The number of nitrogens with zero attached hydrogens (tertiary/aromatic N) is 3. The number of aryl methyl sites for hydroxylation is 2. The van der Waals surface area contributed by atoms with Crippen LogP contribution in [0.15, 0.2) is 42.5 Å². The fourth-order valence-electron chi connectivity index (χ4n) is 3.25. The summed E-state index contributed by atoms with van der Waals surface area (Å²) in [5, 5.41) is 0. The van der Waals surface area contributed by atoms with Crippen LogP contribution in [0.2, 0.25) is 0 Å². The molecule has 0 amide bonds. The van der Waals surface area contributed by atoms with Gasteiger partial charge in [-0.05, 0) is 56.5 Å². The van der Waals surface area contributed by atoms with E-state index in [-0.39, 0.29) is 0 Å². The molecular formula is C19H21N3. The van der Waals surface area contributed by atoms with Gasteiger partial charge in [0.25, 0.3) is 0 Å². The molecule has 1 aliphatic rings. The van der Waals surface area contributed by atoms with Gasteiger partial charge in [0.15, 0.2) is 0 Å². The predicted octanol–water partition coefficient (Wildman–Crippen LogP) is 4.24. The van der Waals surface area contributed by atoms with E-state index in [9.17, 15) is 0 Å². The van der Waals surface area contributed by atoms with Crippen molar-refractivity contribution >= 4 is 17.0 Å². The van der Waals surface area contributed by atoms with Crippen LogP contribution < -0.4 is 4.90 Å². The lowest BCUT2D eigenvalue weighted by atomic mass is 10.2. The minimum Gasteiger partial charge on any atom is -0.342 e. The average Bonchev–Trinajstić information content (AvgIpc) is 3.15. The predicted molar refractivity (Wildman–Crippen MR) is 92.0 cm³/mol. The van der Waals surface area contributed by atoms with Gasteiger partial charge in [0.2, 0.25) is 5.95 Å². The van der Waals surface area contributed by atoms with Crippen molar-refractivity contribution in [2.45, 2.75) is 26.7 Å². The van der Waals surface area contributed by atoms with Crippen LogP contribution in [0.1, 0.15) is 24.0 Å². The highest BCUT2D eigenvalue weighted by Crippen LogP contribution is 2.29. The molecule has 112 valence electrons. The molecule has 0 aliphatic carbocycles. The Bertz CT molecular complexity index is 809. The van der Waals surface area contributed by atoms with Crippen LogP contribution in [0, 0.1) is 13.8 Å². The second-order valence-corrected chi connectivity index (χ2v) is 6.27. The number of imidazole rings is 1. The summed E-state index contributed by atoms with van der Waals surface area (Å²) in [6.45, 7) is 6.48. The molecule has 2 aromatic carbocycles. The van der Waals surface area contributed by atoms with Gasteiger partial charge in [-0.15, -0.1) is 0 Å². The highest BCUT2D eigenvalue weighted by molar-refractivity contribution is 5.82. The molecule has 3 aromatic rings.